The van der Waals surface area contributed by atoms with Gasteiger partial charge in [-0.3, -0.25) is 0 Å². The van der Waals surface area contributed by atoms with Crippen LogP contribution in [0.1, 0.15) is 23.6 Å². The Bertz CT molecular complexity index is 1190. The number of hydrogen-bond acceptors (Lipinski definition) is 4. The van der Waals surface area contributed by atoms with Crippen LogP contribution in [0.4, 0.5) is 13.2 Å². The number of nitriles is 1. The van der Waals surface area contributed by atoms with Gasteiger partial charge in [-0.15, -0.1) is 0 Å². The van der Waals surface area contributed by atoms with Crippen LogP contribution in [0.5, 0.6) is 5.88 Å². The number of thiocarbonyl (C=S) groups is 1. The van der Waals surface area contributed by atoms with Gasteiger partial charge in [0.2, 0.25) is 5.88 Å². The van der Waals surface area contributed by atoms with Crippen LogP contribution in [-0.4, -0.2) is 21.9 Å². The second kappa shape index (κ2) is 7.89. The third kappa shape index (κ3) is 4.00. The molecule has 0 aliphatic carbocycles. The van der Waals surface area contributed by atoms with E-state index in [1.807, 2.05) is 6.07 Å². The Morgan fingerprint density at radius 1 is 1.30 bits per heavy atom. The molecule has 3 aromatic rings. The van der Waals surface area contributed by atoms with Gasteiger partial charge in [-0.25, -0.2) is 4.68 Å². The van der Waals surface area contributed by atoms with Crippen LogP contribution < -0.4 is 10.5 Å². The molecule has 0 amide bonds. The normalized spacial score (nSPS) is 13.6. The lowest BCUT2D eigenvalue weighted by Gasteiger charge is -2.26. The zero-order valence-corrected chi connectivity index (χ0v) is 18.3. The molecule has 0 aliphatic rings. The first-order valence-corrected chi connectivity index (χ1v) is 9.83. The van der Waals surface area contributed by atoms with Gasteiger partial charge in [0.15, 0.2) is 0 Å². The van der Waals surface area contributed by atoms with Crippen molar-refractivity contribution in [2.45, 2.75) is 25.1 Å². The molecule has 0 bridgehead atoms. The molecule has 0 fully saturated rings. The number of methoxy groups -OCH3 is 1. The number of aromatic nitrogens is 2. The zero-order valence-electron chi connectivity index (χ0n) is 15.9. The summed E-state index contributed by atoms with van der Waals surface area (Å²) in [6, 6.07) is 10.5. The van der Waals surface area contributed by atoms with E-state index < -0.39 is 17.2 Å². The number of ether oxygens (including phenoxy) is 1. The summed E-state index contributed by atoms with van der Waals surface area (Å²) >= 11 is 8.39. The second-order valence-electron chi connectivity index (χ2n) is 6.89. The van der Waals surface area contributed by atoms with E-state index in [1.165, 1.54) is 24.8 Å². The van der Waals surface area contributed by atoms with Gasteiger partial charge in [-0.1, -0.05) is 34.2 Å². The molecule has 1 aromatic heterocycles. The van der Waals surface area contributed by atoms with Gasteiger partial charge >= 0.3 is 6.18 Å². The van der Waals surface area contributed by atoms with Crippen LogP contribution in [-0.2, 0) is 18.1 Å². The van der Waals surface area contributed by atoms with Crippen LogP contribution in [0.2, 0.25) is 0 Å². The number of benzene rings is 2. The number of nitrogens with two attached hydrogens (primary N) is 1. The monoisotopic (exact) mass is 496 g/mol. The summed E-state index contributed by atoms with van der Waals surface area (Å²) in [6.07, 6.45) is -4.58. The minimum Gasteiger partial charge on any atom is -0.481 e. The standard InChI is InChI=1S/C20H16BrF3N4OS/c1-19(9-25,15-7-11(20(22,23)24)3-5-13(15)17(26)30)10-28-18(29-2)14-6-4-12(21)8-16(14)27-28/h3-8H,10H2,1-2H3,(H2,26,30). The van der Waals surface area contributed by atoms with Gasteiger partial charge in [-0.2, -0.15) is 23.5 Å². The predicted molar refractivity (Wildman–Crippen MR) is 114 cm³/mol. The van der Waals surface area contributed by atoms with Gasteiger partial charge in [-0.05, 0) is 42.8 Å². The highest BCUT2D eigenvalue weighted by atomic mass is 79.9. The lowest BCUT2D eigenvalue weighted by Crippen LogP contribution is -2.31. The summed E-state index contributed by atoms with van der Waals surface area (Å²) in [7, 11) is 1.46. The van der Waals surface area contributed by atoms with Crippen molar-refractivity contribution >= 4 is 44.0 Å². The van der Waals surface area contributed by atoms with E-state index in [0.29, 0.717) is 16.8 Å². The molecule has 0 aliphatic heterocycles. The maximum absolute atomic E-state index is 13.3. The number of hydrogen-bond donors (Lipinski definition) is 1. The van der Waals surface area contributed by atoms with E-state index in [1.54, 1.807) is 12.1 Å². The predicted octanol–water partition coefficient (Wildman–Crippen LogP) is 4.94. The van der Waals surface area contributed by atoms with Crippen molar-refractivity contribution in [1.29, 1.82) is 5.26 Å². The van der Waals surface area contributed by atoms with Crippen LogP contribution in [0.3, 0.4) is 0 Å². The number of alkyl halides is 3. The summed E-state index contributed by atoms with van der Waals surface area (Å²) in [4.78, 5) is -0.0956. The van der Waals surface area contributed by atoms with Gasteiger partial charge in [0.1, 0.15) is 4.99 Å². The van der Waals surface area contributed by atoms with E-state index in [-0.39, 0.29) is 22.7 Å². The number of nitrogens with zero attached hydrogens (tertiary/aromatic N) is 3. The first kappa shape index (κ1) is 22.1. The molecule has 1 unspecified atom stereocenters. The van der Waals surface area contributed by atoms with Crippen molar-refractivity contribution in [3.63, 3.8) is 0 Å². The average Bonchev–Trinajstić information content (AvgIpc) is 3.02. The Labute approximate surface area is 184 Å². The molecule has 0 saturated carbocycles. The number of halogens is 4. The van der Waals surface area contributed by atoms with Crippen LogP contribution in [0.15, 0.2) is 40.9 Å². The molecule has 156 valence electrons. The van der Waals surface area contributed by atoms with E-state index >= 15 is 0 Å². The van der Waals surface area contributed by atoms with Gasteiger partial charge in [0, 0.05) is 10.0 Å². The minimum absolute atomic E-state index is 0.0735. The second-order valence-corrected chi connectivity index (χ2v) is 8.25. The van der Waals surface area contributed by atoms with E-state index in [4.69, 9.17) is 22.7 Å². The fourth-order valence-electron chi connectivity index (χ4n) is 3.28. The quantitative estimate of drug-likeness (QED) is 0.506. The van der Waals surface area contributed by atoms with Gasteiger partial charge in [0.05, 0.1) is 41.6 Å². The van der Waals surface area contributed by atoms with Crippen LogP contribution >= 0.6 is 28.1 Å². The summed E-state index contributed by atoms with van der Waals surface area (Å²) in [5, 5.41) is 15.2. The zero-order chi connectivity index (χ0) is 22.3. The highest BCUT2D eigenvalue weighted by Crippen LogP contribution is 2.37. The van der Waals surface area contributed by atoms with Crippen molar-refractivity contribution in [3.05, 3.63) is 57.6 Å². The van der Waals surface area contributed by atoms with Crippen molar-refractivity contribution in [1.82, 2.24) is 9.78 Å². The molecular formula is C20H16BrF3N4OS. The van der Waals surface area contributed by atoms with Crippen LogP contribution in [0.25, 0.3) is 10.9 Å². The highest BCUT2D eigenvalue weighted by Gasteiger charge is 2.37. The third-order valence-electron chi connectivity index (χ3n) is 4.77. The maximum atomic E-state index is 13.3. The van der Waals surface area contributed by atoms with E-state index in [0.717, 1.165) is 16.6 Å². The molecule has 0 saturated heterocycles. The van der Waals surface area contributed by atoms with Crippen molar-refractivity contribution in [2.75, 3.05) is 7.11 Å². The SMILES string of the molecule is COc1c2ccc(Br)cc2nn1CC(C)(C#N)c1cc(C(F)(F)F)ccc1C(N)=S. The molecule has 3 rings (SSSR count). The lowest BCUT2D eigenvalue weighted by atomic mass is 9.80. The summed E-state index contributed by atoms with van der Waals surface area (Å²) in [6.45, 7) is 1.45. The van der Waals surface area contributed by atoms with Crippen molar-refractivity contribution in [2.24, 2.45) is 5.73 Å². The van der Waals surface area contributed by atoms with Crippen LogP contribution in [0, 0.1) is 11.3 Å². The highest BCUT2D eigenvalue weighted by molar-refractivity contribution is 9.10. The first-order chi connectivity index (χ1) is 14.0. The Hall–Kier alpha value is -2.64. The third-order valence-corrected chi connectivity index (χ3v) is 5.48. The Balaban J connectivity index is 2.19. The summed E-state index contributed by atoms with van der Waals surface area (Å²) < 4.78 is 47.7. The largest absolute Gasteiger partial charge is 0.481 e. The maximum Gasteiger partial charge on any atom is 0.416 e. The molecule has 5 nitrogen and oxygen atoms in total. The molecule has 0 spiro atoms. The number of fused-ring (bicyclic) bond motifs is 1. The Morgan fingerprint density at radius 3 is 2.57 bits per heavy atom. The first-order valence-electron chi connectivity index (χ1n) is 8.63. The topological polar surface area (TPSA) is 76.9 Å². The molecule has 2 aromatic carbocycles. The van der Waals surface area contributed by atoms with E-state index in [2.05, 4.69) is 27.1 Å². The Kier molecular flexibility index (Phi) is 5.80. The Morgan fingerprint density at radius 2 is 2.00 bits per heavy atom. The molecule has 1 atom stereocenters. The van der Waals surface area contributed by atoms with Crippen molar-refractivity contribution < 1.29 is 17.9 Å². The molecule has 1 heterocycles. The minimum atomic E-state index is -4.58. The smallest absolute Gasteiger partial charge is 0.416 e. The molecular weight excluding hydrogens is 481 g/mol. The molecule has 10 heteroatoms. The average molecular weight is 497 g/mol. The van der Waals surface area contributed by atoms with Gasteiger partial charge < -0.3 is 10.5 Å². The molecule has 30 heavy (non-hydrogen) atoms. The summed E-state index contributed by atoms with van der Waals surface area (Å²) in [5.74, 6) is 0.392. The summed E-state index contributed by atoms with van der Waals surface area (Å²) in [5.41, 5.74) is 4.33. The lowest BCUT2D eigenvalue weighted by molar-refractivity contribution is -0.137. The fraction of sp³-hybridized carbons (Fsp3) is 0.250. The van der Waals surface area contributed by atoms with Gasteiger partial charge in [0.25, 0.3) is 0 Å². The van der Waals surface area contributed by atoms with Crippen molar-refractivity contribution in [3.8, 4) is 11.9 Å². The fourth-order valence-corrected chi connectivity index (χ4v) is 3.80. The molecule has 0 radical (unpaired) electrons. The molecule has 2 N–H and O–H groups in total. The van der Waals surface area contributed by atoms with E-state index in [9.17, 15) is 18.4 Å². The number of rotatable bonds is 5.